The van der Waals surface area contributed by atoms with Crippen molar-refractivity contribution in [1.29, 1.82) is 0 Å². The second-order valence-corrected chi connectivity index (χ2v) is 3.75. The number of carbonyl (C=O) groups is 1. The lowest BCUT2D eigenvalue weighted by molar-refractivity contribution is -0.116. The van der Waals surface area contributed by atoms with Crippen LogP contribution in [-0.2, 0) is 9.53 Å². The van der Waals surface area contributed by atoms with Crippen molar-refractivity contribution in [2.75, 3.05) is 20.4 Å². The summed E-state index contributed by atoms with van der Waals surface area (Å²) in [4.78, 5) is 11.7. The summed E-state index contributed by atoms with van der Waals surface area (Å²) in [7, 11) is 1.61. The number of hydrogen-bond acceptors (Lipinski definition) is 4. The van der Waals surface area contributed by atoms with E-state index in [4.69, 9.17) is 9.47 Å². The van der Waals surface area contributed by atoms with E-state index in [0.29, 0.717) is 13.3 Å². The van der Waals surface area contributed by atoms with Crippen molar-refractivity contribution >= 4 is 11.9 Å². The average Bonchev–Trinajstić information content (AvgIpc) is 2.90. The van der Waals surface area contributed by atoms with Crippen molar-refractivity contribution in [3.05, 3.63) is 35.9 Å². The molecule has 1 fully saturated rings. The average molecular weight is 233 g/mol. The Morgan fingerprint density at radius 1 is 1.53 bits per heavy atom. The van der Waals surface area contributed by atoms with Gasteiger partial charge in [-0.2, -0.15) is 0 Å². The fraction of sp³-hybridized carbons (Fsp3) is 0.308. The molecule has 1 aromatic carbocycles. The second kappa shape index (κ2) is 5.61. The molecule has 0 amide bonds. The normalized spacial score (nSPS) is 19.7. The lowest BCUT2D eigenvalue weighted by Gasteiger charge is -2.04. The molecule has 0 spiro atoms. The molecular formula is C13H15NO3. The van der Waals surface area contributed by atoms with Crippen LogP contribution in [0.15, 0.2) is 30.3 Å². The first-order valence-corrected chi connectivity index (χ1v) is 5.47. The van der Waals surface area contributed by atoms with E-state index in [1.54, 1.807) is 19.3 Å². The maximum atomic E-state index is 11.7. The van der Waals surface area contributed by atoms with Gasteiger partial charge in [-0.3, -0.25) is 10.1 Å². The molecule has 0 aromatic heterocycles. The molecule has 1 aliphatic heterocycles. The van der Waals surface area contributed by atoms with Gasteiger partial charge in [0.2, 0.25) is 0 Å². The fourth-order valence-corrected chi connectivity index (χ4v) is 1.67. The first kappa shape index (κ1) is 11.8. The summed E-state index contributed by atoms with van der Waals surface area (Å²) in [5.41, 5.74) is 0.891. The van der Waals surface area contributed by atoms with Crippen LogP contribution in [0.4, 0.5) is 0 Å². The van der Waals surface area contributed by atoms with E-state index in [-0.39, 0.29) is 11.8 Å². The number of rotatable bonds is 4. The molecule has 1 aliphatic rings. The zero-order valence-electron chi connectivity index (χ0n) is 9.68. The Bertz CT molecular complexity index is 422. The van der Waals surface area contributed by atoms with Gasteiger partial charge in [0.05, 0.1) is 26.5 Å². The van der Waals surface area contributed by atoms with E-state index in [0.717, 1.165) is 11.3 Å². The number of ether oxygens (including phenoxy) is 2. The van der Waals surface area contributed by atoms with Gasteiger partial charge in [0.25, 0.3) is 0 Å². The van der Waals surface area contributed by atoms with Crippen molar-refractivity contribution in [3.8, 4) is 5.75 Å². The summed E-state index contributed by atoms with van der Waals surface area (Å²) < 4.78 is 10.3. The van der Waals surface area contributed by atoms with Crippen molar-refractivity contribution in [2.45, 2.75) is 6.04 Å². The van der Waals surface area contributed by atoms with E-state index in [9.17, 15) is 4.79 Å². The van der Waals surface area contributed by atoms with Gasteiger partial charge >= 0.3 is 0 Å². The predicted molar refractivity (Wildman–Crippen MR) is 64.8 cm³/mol. The Morgan fingerprint density at radius 3 is 3.06 bits per heavy atom. The lowest BCUT2D eigenvalue weighted by Crippen LogP contribution is -2.31. The number of para-hydroxylation sites is 1. The zero-order chi connectivity index (χ0) is 12.1. The molecule has 0 bridgehead atoms. The van der Waals surface area contributed by atoms with Crippen molar-refractivity contribution in [2.24, 2.45) is 0 Å². The van der Waals surface area contributed by atoms with Gasteiger partial charge in [-0.15, -0.1) is 0 Å². The van der Waals surface area contributed by atoms with Crippen molar-refractivity contribution in [1.82, 2.24) is 5.32 Å². The molecule has 1 N–H and O–H groups in total. The molecule has 1 heterocycles. The van der Waals surface area contributed by atoms with Crippen molar-refractivity contribution < 1.29 is 14.3 Å². The van der Waals surface area contributed by atoms with Crippen molar-refractivity contribution in [3.63, 3.8) is 0 Å². The third-order valence-corrected chi connectivity index (χ3v) is 2.63. The molecule has 1 saturated heterocycles. The number of methoxy groups -OCH3 is 1. The lowest BCUT2D eigenvalue weighted by atomic mass is 10.1. The van der Waals surface area contributed by atoms with Gasteiger partial charge in [-0.05, 0) is 18.2 Å². The topological polar surface area (TPSA) is 47.6 Å². The molecule has 0 unspecified atom stereocenters. The highest BCUT2D eigenvalue weighted by molar-refractivity contribution is 5.98. The van der Waals surface area contributed by atoms with E-state index in [1.807, 2.05) is 24.3 Å². The van der Waals surface area contributed by atoms with Crippen LogP contribution in [0.25, 0.3) is 6.08 Å². The highest BCUT2D eigenvalue weighted by atomic mass is 16.5. The van der Waals surface area contributed by atoms with Crippen LogP contribution in [0.3, 0.4) is 0 Å². The van der Waals surface area contributed by atoms with Gasteiger partial charge in [-0.1, -0.05) is 18.2 Å². The Hall–Kier alpha value is -1.65. The third-order valence-electron chi connectivity index (χ3n) is 2.63. The van der Waals surface area contributed by atoms with E-state index >= 15 is 0 Å². The summed E-state index contributed by atoms with van der Waals surface area (Å²) in [5.74, 6) is 0.778. The summed E-state index contributed by atoms with van der Waals surface area (Å²) in [5, 5.41) is 2.97. The third kappa shape index (κ3) is 2.93. The molecular weight excluding hydrogens is 218 g/mol. The Kier molecular flexibility index (Phi) is 3.90. The first-order valence-electron chi connectivity index (χ1n) is 5.47. The fourth-order valence-electron chi connectivity index (χ4n) is 1.67. The summed E-state index contributed by atoms with van der Waals surface area (Å²) in [6.07, 6.45) is 3.32. The molecule has 17 heavy (non-hydrogen) atoms. The summed E-state index contributed by atoms with van der Waals surface area (Å²) in [6.45, 7) is 0.883. The Labute approximate surface area is 100 Å². The molecule has 4 heteroatoms. The first-order chi connectivity index (χ1) is 8.31. The van der Waals surface area contributed by atoms with Crippen LogP contribution in [0.2, 0.25) is 0 Å². The van der Waals surface area contributed by atoms with E-state index in [2.05, 4.69) is 5.32 Å². The largest absolute Gasteiger partial charge is 0.496 e. The number of hydrogen-bond donors (Lipinski definition) is 1. The maximum absolute atomic E-state index is 11.7. The van der Waals surface area contributed by atoms with Crippen LogP contribution in [-0.4, -0.2) is 32.3 Å². The quantitative estimate of drug-likeness (QED) is 0.794. The smallest absolute Gasteiger partial charge is 0.175 e. The zero-order valence-corrected chi connectivity index (χ0v) is 9.68. The van der Waals surface area contributed by atoms with Gasteiger partial charge in [0.1, 0.15) is 5.75 Å². The minimum atomic E-state index is -0.221. The van der Waals surface area contributed by atoms with Crippen LogP contribution in [0, 0.1) is 0 Å². The van der Waals surface area contributed by atoms with Gasteiger partial charge in [0.15, 0.2) is 5.78 Å². The van der Waals surface area contributed by atoms with Crippen LogP contribution in [0.5, 0.6) is 5.75 Å². The Balaban J connectivity index is 2.06. The molecule has 0 aliphatic carbocycles. The minimum absolute atomic E-state index is 0.0217. The minimum Gasteiger partial charge on any atom is -0.496 e. The molecule has 90 valence electrons. The van der Waals surface area contributed by atoms with Crippen LogP contribution >= 0.6 is 0 Å². The van der Waals surface area contributed by atoms with Gasteiger partial charge in [-0.25, -0.2) is 0 Å². The maximum Gasteiger partial charge on any atom is 0.175 e. The van der Waals surface area contributed by atoms with Gasteiger partial charge < -0.3 is 9.47 Å². The molecule has 0 saturated carbocycles. The highest BCUT2D eigenvalue weighted by Crippen LogP contribution is 2.18. The number of carbonyl (C=O) groups excluding carboxylic acids is 1. The SMILES string of the molecule is COc1ccccc1/C=C\C(=O)[C@@H]1COCN1. The highest BCUT2D eigenvalue weighted by Gasteiger charge is 2.20. The standard InChI is InChI=1S/C13H15NO3/c1-16-13-5-3-2-4-10(13)6-7-12(15)11-8-17-9-14-11/h2-7,11,14H,8-9H2,1H3/b7-6-/t11-/m0/s1. The van der Waals surface area contributed by atoms with E-state index < -0.39 is 0 Å². The number of nitrogens with one attached hydrogen (secondary N) is 1. The molecule has 0 radical (unpaired) electrons. The molecule has 1 atom stereocenters. The predicted octanol–water partition coefficient (Wildman–Crippen LogP) is 1.22. The number of benzene rings is 1. The van der Waals surface area contributed by atoms with E-state index in [1.165, 1.54) is 0 Å². The molecule has 1 aromatic rings. The monoisotopic (exact) mass is 233 g/mol. The molecule has 4 nitrogen and oxygen atoms in total. The second-order valence-electron chi connectivity index (χ2n) is 3.75. The van der Waals surface area contributed by atoms with Crippen LogP contribution < -0.4 is 10.1 Å². The summed E-state index contributed by atoms with van der Waals surface area (Å²) in [6, 6.07) is 7.34. The number of ketones is 1. The van der Waals surface area contributed by atoms with Crippen LogP contribution in [0.1, 0.15) is 5.56 Å². The molecule has 2 rings (SSSR count). The Morgan fingerprint density at radius 2 is 2.35 bits per heavy atom. The van der Waals surface area contributed by atoms with Gasteiger partial charge in [0, 0.05) is 5.56 Å². The summed E-state index contributed by atoms with van der Waals surface area (Å²) >= 11 is 0.